The van der Waals surface area contributed by atoms with Crippen molar-refractivity contribution in [1.82, 2.24) is 9.55 Å². The molecule has 0 bridgehead atoms. The zero-order valence-corrected chi connectivity index (χ0v) is 16.8. The highest BCUT2D eigenvalue weighted by Crippen LogP contribution is 2.24. The fourth-order valence-corrected chi connectivity index (χ4v) is 3.16. The summed E-state index contributed by atoms with van der Waals surface area (Å²) in [6, 6.07) is 13.8. The van der Waals surface area contributed by atoms with Crippen molar-refractivity contribution in [3.8, 4) is 5.75 Å². The molecule has 146 valence electrons. The van der Waals surface area contributed by atoms with Crippen LogP contribution in [0.25, 0.3) is 0 Å². The molecule has 28 heavy (non-hydrogen) atoms. The topological polar surface area (TPSA) is 56.1 Å². The molecule has 0 radical (unpaired) electrons. The van der Waals surface area contributed by atoms with E-state index in [1.165, 1.54) is 11.1 Å². The van der Waals surface area contributed by atoms with Crippen LogP contribution in [-0.4, -0.2) is 21.6 Å². The molecule has 1 N–H and O–H groups in total. The van der Waals surface area contributed by atoms with Crippen LogP contribution in [-0.2, 0) is 11.3 Å². The van der Waals surface area contributed by atoms with Crippen LogP contribution in [0, 0.1) is 6.92 Å². The molecule has 0 spiro atoms. The number of amides is 1. The second-order valence-corrected chi connectivity index (χ2v) is 7.35. The summed E-state index contributed by atoms with van der Waals surface area (Å²) < 4.78 is 7.83. The van der Waals surface area contributed by atoms with Crippen molar-refractivity contribution >= 4 is 11.6 Å². The third kappa shape index (κ3) is 5.00. The number of rotatable bonds is 7. The number of ether oxygens (including phenoxy) is 1. The van der Waals surface area contributed by atoms with E-state index in [9.17, 15) is 4.79 Å². The Bertz CT molecular complexity index is 916. The van der Waals surface area contributed by atoms with Gasteiger partial charge in [0.1, 0.15) is 5.75 Å². The van der Waals surface area contributed by atoms with Gasteiger partial charge in [0.05, 0.1) is 6.33 Å². The number of nitrogens with one attached hydrogen (secondary N) is 1. The van der Waals surface area contributed by atoms with Crippen molar-refractivity contribution in [2.24, 2.45) is 0 Å². The largest absolute Gasteiger partial charge is 0.481 e. The van der Waals surface area contributed by atoms with Gasteiger partial charge < -0.3 is 14.6 Å². The van der Waals surface area contributed by atoms with Gasteiger partial charge in [0.2, 0.25) is 0 Å². The summed E-state index contributed by atoms with van der Waals surface area (Å²) in [5.41, 5.74) is 4.36. The van der Waals surface area contributed by atoms with E-state index in [0.717, 1.165) is 17.8 Å². The minimum atomic E-state index is -0.588. The molecular formula is C23H27N3O2. The van der Waals surface area contributed by atoms with Crippen LogP contribution in [0.1, 0.15) is 43.4 Å². The van der Waals surface area contributed by atoms with Crippen LogP contribution < -0.4 is 10.1 Å². The van der Waals surface area contributed by atoms with Crippen LogP contribution in [0.2, 0.25) is 0 Å². The number of anilines is 1. The molecule has 1 amide bonds. The van der Waals surface area contributed by atoms with Crippen LogP contribution in [0.15, 0.2) is 61.2 Å². The molecule has 5 heteroatoms. The number of carbonyl (C=O) groups is 1. The number of hydrogen-bond donors (Lipinski definition) is 1. The van der Waals surface area contributed by atoms with Gasteiger partial charge in [0.15, 0.2) is 6.10 Å². The van der Waals surface area contributed by atoms with Crippen LogP contribution in [0.3, 0.4) is 0 Å². The number of imidazole rings is 1. The molecule has 2 aromatic carbocycles. The molecule has 5 nitrogen and oxygen atoms in total. The van der Waals surface area contributed by atoms with Crippen LogP contribution in [0.5, 0.6) is 5.75 Å². The highest BCUT2D eigenvalue weighted by molar-refractivity contribution is 5.94. The summed E-state index contributed by atoms with van der Waals surface area (Å²) >= 11 is 0. The quantitative estimate of drug-likeness (QED) is 0.645. The number of benzene rings is 2. The molecule has 0 aliphatic heterocycles. The van der Waals surface area contributed by atoms with E-state index in [0.29, 0.717) is 11.7 Å². The highest BCUT2D eigenvalue weighted by atomic mass is 16.5. The first kappa shape index (κ1) is 19.7. The van der Waals surface area contributed by atoms with E-state index in [1.54, 1.807) is 19.4 Å². The maximum absolute atomic E-state index is 12.5. The molecule has 1 atom stereocenters. The Labute approximate surface area is 166 Å². The van der Waals surface area contributed by atoms with Crippen molar-refractivity contribution in [3.05, 3.63) is 77.9 Å². The fraction of sp³-hybridized carbons (Fsp3) is 0.304. The normalized spacial score (nSPS) is 12.0. The standard InChI is InChI=1S/C23H27N3O2/c1-16(2)22-10-9-21(13-17(22)3)28-18(4)23(27)25-20-7-5-19(6-8-20)14-26-12-11-24-15-26/h5-13,15-16,18H,14H2,1-4H3,(H,25,27). The molecule has 3 aromatic rings. The average Bonchev–Trinajstić information content (AvgIpc) is 3.16. The predicted octanol–water partition coefficient (Wildman–Crippen LogP) is 4.77. The van der Waals surface area contributed by atoms with Crippen molar-refractivity contribution < 1.29 is 9.53 Å². The molecule has 3 rings (SSSR count). The Balaban J connectivity index is 1.57. The highest BCUT2D eigenvalue weighted by Gasteiger charge is 2.15. The van der Waals surface area contributed by atoms with Gasteiger partial charge >= 0.3 is 0 Å². The number of aromatic nitrogens is 2. The van der Waals surface area contributed by atoms with Gasteiger partial charge in [-0.3, -0.25) is 4.79 Å². The summed E-state index contributed by atoms with van der Waals surface area (Å²) in [5, 5.41) is 2.91. The fourth-order valence-electron chi connectivity index (χ4n) is 3.16. The second kappa shape index (κ2) is 8.74. The first-order valence-corrected chi connectivity index (χ1v) is 9.55. The first-order valence-electron chi connectivity index (χ1n) is 9.55. The lowest BCUT2D eigenvalue weighted by Crippen LogP contribution is -2.30. The number of nitrogens with zero attached hydrogens (tertiary/aromatic N) is 2. The zero-order valence-electron chi connectivity index (χ0n) is 16.8. The average molecular weight is 377 g/mol. The third-order valence-corrected chi connectivity index (χ3v) is 4.69. The number of aryl methyl sites for hydroxylation is 1. The van der Waals surface area contributed by atoms with Crippen molar-refractivity contribution in [2.45, 2.75) is 46.3 Å². The lowest BCUT2D eigenvalue weighted by Gasteiger charge is -2.17. The SMILES string of the molecule is Cc1cc(OC(C)C(=O)Nc2ccc(Cn3ccnc3)cc2)ccc1C(C)C. The van der Waals surface area contributed by atoms with E-state index in [4.69, 9.17) is 4.74 Å². The first-order chi connectivity index (χ1) is 13.4. The minimum Gasteiger partial charge on any atom is -0.481 e. The molecule has 1 heterocycles. The summed E-state index contributed by atoms with van der Waals surface area (Å²) in [5.74, 6) is 1.000. The van der Waals surface area contributed by atoms with Crippen molar-refractivity contribution in [3.63, 3.8) is 0 Å². The maximum atomic E-state index is 12.5. The Morgan fingerprint density at radius 3 is 2.50 bits per heavy atom. The van der Waals surface area contributed by atoms with E-state index >= 15 is 0 Å². The van der Waals surface area contributed by atoms with E-state index in [1.807, 2.05) is 47.2 Å². The lowest BCUT2D eigenvalue weighted by atomic mass is 9.98. The molecular weight excluding hydrogens is 350 g/mol. The van der Waals surface area contributed by atoms with Gasteiger partial charge in [-0.2, -0.15) is 0 Å². The van der Waals surface area contributed by atoms with Crippen LogP contribution >= 0.6 is 0 Å². The van der Waals surface area contributed by atoms with E-state index in [2.05, 4.69) is 37.1 Å². The predicted molar refractivity (Wildman–Crippen MR) is 112 cm³/mol. The smallest absolute Gasteiger partial charge is 0.265 e. The Hall–Kier alpha value is -3.08. The van der Waals surface area contributed by atoms with Crippen molar-refractivity contribution in [1.29, 1.82) is 0 Å². The third-order valence-electron chi connectivity index (χ3n) is 4.69. The second-order valence-electron chi connectivity index (χ2n) is 7.35. The summed E-state index contributed by atoms with van der Waals surface area (Å²) in [6.45, 7) is 8.91. The Kier molecular flexibility index (Phi) is 6.14. The molecule has 0 saturated heterocycles. The van der Waals surface area contributed by atoms with Gasteiger partial charge in [-0.1, -0.05) is 32.0 Å². The molecule has 0 saturated carbocycles. The maximum Gasteiger partial charge on any atom is 0.265 e. The number of carbonyl (C=O) groups excluding carboxylic acids is 1. The molecule has 1 unspecified atom stereocenters. The van der Waals surface area contributed by atoms with Gasteiger partial charge in [0, 0.05) is 24.6 Å². The molecule has 1 aromatic heterocycles. The Morgan fingerprint density at radius 2 is 1.89 bits per heavy atom. The van der Waals surface area contributed by atoms with E-state index in [-0.39, 0.29) is 5.91 Å². The molecule has 0 aliphatic carbocycles. The van der Waals surface area contributed by atoms with E-state index < -0.39 is 6.10 Å². The summed E-state index contributed by atoms with van der Waals surface area (Å²) in [6.07, 6.45) is 4.87. The van der Waals surface area contributed by atoms with Gasteiger partial charge in [0.25, 0.3) is 5.91 Å². The van der Waals surface area contributed by atoms with Crippen LogP contribution in [0.4, 0.5) is 5.69 Å². The molecule has 0 aliphatic rings. The van der Waals surface area contributed by atoms with Gasteiger partial charge in [-0.25, -0.2) is 4.98 Å². The molecule has 0 fully saturated rings. The monoisotopic (exact) mass is 377 g/mol. The summed E-state index contributed by atoms with van der Waals surface area (Å²) in [7, 11) is 0. The zero-order chi connectivity index (χ0) is 20.1. The van der Waals surface area contributed by atoms with Gasteiger partial charge in [-0.15, -0.1) is 0 Å². The summed E-state index contributed by atoms with van der Waals surface area (Å²) in [4.78, 5) is 16.5. The Morgan fingerprint density at radius 1 is 1.14 bits per heavy atom. The van der Waals surface area contributed by atoms with Gasteiger partial charge in [-0.05, 0) is 60.7 Å². The minimum absolute atomic E-state index is 0.173. The number of hydrogen-bond acceptors (Lipinski definition) is 3. The lowest BCUT2D eigenvalue weighted by molar-refractivity contribution is -0.122. The van der Waals surface area contributed by atoms with Crippen molar-refractivity contribution in [2.75, 3.05) is 5.32 Å².